The van der Waals surface area contributed by atoms with Crippen LogP contribution in [0.2, 0.25) is 10.0 Å². The average Bonchev–Trinajstić information content (AvgIpc) is 3.20. The number of carbonyl (C=O) groups excluding carboxylic acids is 3. The lowest BCUT2D eigenvalue weighted by molar-refractivity contribution is -0.142. The van der Waals surface area contributed by atoms with Crippen LogP contribution in [-0.4, -0.2) is 52.7 Å². The summed E-state index contributed by atoms with van der Waals surface area (Å²) in [6, 6.07) is 4.70. The number of fused-ring (bicyclic) bond motifs is 1. The number of rotatable bonds is 4. The number of halogens is 5. The molecule has 2 aromatic carbocycles. The number of esters is 1. The maximum atomic E-state index is 13.6. The summed E-state index contributed by atoms with van der Waals surface area (Å²) in [5, 5.41) is 4.15. The zero-order valence-corrected chi connectivity index (χ0v) is 22.3. The van der Waals surface area contributed by atoms with Crippen LogP contribution in [0.1, 0.15) is 56.8 Å². The quantitative estimate of drug-likeness (QED) is 0.355. The first-order chi connectivity index (χ1) is 17.8. The number of aromatic nitrogens is 2. The van der Waals surface area contributed by atoms with E-state index in [1.54, 1.807) is 4.90 Å². The van der Waals surface area contributed by atoms with Crippen LogP contribution in [-0.2, 0) is 15.7 Å². The SMILES string of the molecule is COC(=O)CC1CCN(C(=O)c2ccc(Cl)c(C(=O)n3nc(C)c4cc(C(F)(F)F)cc(C)c43)c2Cl)CC1. The van der Waals surface area contributed by atoms with Gasteiger partial charge >= 0.3 is 12.1 Å². The molecule has 7 nitrogen and oxygen atoms in total. The van der Waals surface area contributed by atoms with Crippen molar-refractivity contribution in [3.05, 3.63) is 62.3 Å². The molecule has 3 aromatic rings. The average molecular weight is 570 g/mol. The van der Waals surface area contributed by atoms with E-state index in [-0.39, 0.29) is 61.6 Å². The highest BCUT2D eigenvalue weighted by Gasteiger charge is 2.33. The minimum atomic E-state index is -4.56. The Labute approximate surface area is 226 Å². The van der Waals surface area contributed by atoms with Gasteiger partial charge in [0.05, 0.1) is 45.1 Å². The van der Waals surface area contributed by atoms with E-state index in [0.29, 0.717) is 25.9 Å². The lowest BCUT2D eigenvalue weighted by Crippen LogP contribution is -2.39. The van der Waals surface area contributed by atoms with E-state index in [1.807, 2.05) is 0 Å². The second-order valence-corrected chi connectivity index (χ2v) is 10.1. The highest BCUT2D eigenvalue weighted by atomic mass is 35.5. The number of hydrogen-bond acceptors (Lipinski definition) is 5. The van der Waals surface area contributed by atoms with Crippen molar-refractivity contribution in [3.63, 3.8) is 0 Å². The number of likely N-dealkylation sites (tertiary alicyclic amines) is 1. The fourth-order valence-electron chi connectivity index (χ4n) is 4.75. The molecular formula is C26H24Cl2F3N3O4. The summed E-state index contributed by atoms with van der Waals surface area (Å²) in [4.78, 5) is 40.1. The number of amides is 1. The Bertz CT molecular complexity index is 1440. The van der Waals surface area contributed by atoms with Gasteiger partial charge in [-0.05, 0) is 62.4 Å². The number of aryl methyl sites for hydroxylation is 2. The number of alkyl halides is 3. The van der Waals surface area contributed by atoms with Gasteiger partial charge in [-0.2, -0.15) is 23.0 Å². The highest BCUT2D eigenvalue weighted by Crippen LogP contribution is 2.36. The van der Waals surface area contributed by atoms with E-state index in [4.69, 9.17) is 27.9 Å². The third-order valence-electron chi connectivity index (χ3n) is 6.79. The van der Waals surface area contributed by atoms with Crippen molar-refractivity contribution in [1.29, 1.82) is 0 Å². The fraction of sp³-hybridized carbons (Fsp3) is 0.385. The number of hydrogen-bond donors (Lipinski definition) is 0. The molecule has 0 aliphatic carbocycles. The van der Waals surface area contributed by atoms with Crippen molar-refractivity contribution in [2.75, 3.05) is 20.2 Å². The van der Waals surface area contributed by atoms with E-state index in [2.05, 4.69) is 5.10 Å². The summed E-state index contributed by atoms with van der Waals surface area (Å²) in [5.74, 6) is -1.37. The van der Waals surface area contributed by atoms with Crippen LogP contribution in [0.15, 0.2) is 24.3 Å². The molecule has 0 N–H and O–H groups in total. The third kappa shape index (κ3) is 5.24. The molecule has 0 spiro atoms. The fourth-order valence-corrected chi connectivity index (χ4v) is 5.36. The first kappa shape index (κ1) is 27.9. The third-order valence-corrected chi connectivity index (χ3v) is 7.50. The van der Waals surface area contributed by atoms with Gasteiger partial charge in [-0.1, -0.05) is 23.2 Å². The van der Waals surface area contributed by atoms with Crippen molar-refractivity contribution in [3.8, 4) is 0 Å². The van der Waals surface area contributed by atoms with Gasteiger partial charge in [0.25, 0.3) is 11.8 Å². The van der Waals surface area contributed by atoms with E-state index in [9.17, 15) is 27.6 Å². The van der Waals surface area contributed by atoms with Gasteiger partial charge in [0.2, 0.25) is 0 Å². The van der Waals surface area contributed by atoms with Crippen molar-refractivity contribution in [1.82, 2.24) is 14.7 Å². The van der Waals surface area contributed by atoms with Crippen LogP contribution in [0.25, 0.3) is 10.9 Å². The van der Waals surface area contributed by atoms with Crippen LogP contribution in [0, 0.1) is 19.8 Å². The Balaban J connectivity index is 1.67. The van der Waals surface area contributed by atoms with Crippen LogP contribution in [0.4, 0.5) is 13.2 Å². The van der Waals surface area contributed by atoms with Crippen molar-refractivity contribution >= 4 is 51.9 Å². The number of ether oxygens (including phenoxy) is 1. The Morgan fingerprint density at radius 2 is 1.74 bits per heavy atom. The Morgan fingerprint density at radius 3 is 2.34 bits per heavy atom. The molecule has 0 atom stereocenters. The van der Waals surface area contributed by atoms with E-state index in [1.165, 1.54) is 33.1 Å². The van der Waals surface area contributed by atoms with Crippen molar-refractivity contribution in [2.45, 2.75) is 39.3 Å². The number of carbonyl (C=O) groups is 3. The maximum Gasteiger partial charge on any atom is 0.416 e. The molecule has 0 saturated carbocycles. The molecule has 2 heterocycles. The highest BCUT2D eigenvalue weighted by molar-refractivity contribution is 6.41. The summed E-state index contributed by atoms with van der Waals surface area (Å²) in [7, 11) is 1.33. The number of piperidine rings is 1. The Morgan fingerprint density at radius 1 is 1.08 bits per heavy atom. The summed E-state index contributed by atoms with van der Waals surface area (Å²) < 4.78 is 45.7. The van der Waals surface area contributed by atoms with Crippen molar-refractivity contribution in [2.24, 2.45) is 5.92 Å². The van der Waals surface area contributed by atoms with Crippen molar-refractivity contribution < 1.29 is 32.3 Å². The summed E-state index contributed by atoms with van der Waals surface area (Å²) >= 11 is 12.9. The summed E-state index contributed by atoms with van der Waals surface area (Å²) in [6.45, 7) is 3.74. The number of nitrogens with zero attached hydrogens (tertiary/aromatic N) is 3. The molecule has 1 saturated heterocycles. The van der Waals surface area contributed by atoms with Gasteiger partial charge in [0.15, 0.2) is 0 Å². The summed E-state index contributed by atoms with van der Waals surface area (Å²) in [6.07, 6.45) is -3.07. The molecule has 202 valence electrons. The molecule has 1 amide bonds. The van der Waals surface area contributed by atoms with Crippen LogP contribution in [0.5, 0.6) is 0 Å². The molecule has 0 unspecified atom stereocenters. The zero-order valence-electron chi connectivity index (χ0n) is 20.8. The molecule has 1 aliphatic heterocycles. The molecule has 12 heteroatoms. The summed E-state index contributed by atoms with van der Waals surface area (Å²) in [5.41, 5.74) is -0.359. The zero-order chi connectivity index (χ0) is 27.9. The van der Waals surface area contributed by atoms with Gasteiger partial charge < -0.3 is 9.64 Å². The predicted octanol–water partition coefficient (Wildman–Crippen LogP) is 6.08. The molecule has 1 aromatic heterocycles. The van der Waals surface area contributed by atoms with E-state index in [0.717, 1.165) is 16.8 Å². The second kappa shape index (κ2) is 10.6. The maximum absolute atomic E-state index is 13.6. The predicted molar refractivity (Wildman–Crippen MR) is 136 cm³/mol. The van der Waals surface area contributed by atoms with E-state index >= 15 is 0 Å². The number of benzene rings is 2. The largest absolute Gasteiger partial charge is 0.469 e. The molecule has 1 fully saturated rings. The smallest absolute Gasteiger partial charge is 0.416 e. The number of methoxy groups -OCH3 is 1. The normalized spacial score (nSPS) is 14.7. The minimum Gasteiger partial charge on any atom is -0.469 e. The standard InChI is InChI=1S/C26H24Cl2F3N3O4/c1-13-10-16(26(29,30)31)12-18-14(2)32-34(23(13)18)25(37)21-19(27)5-4-17(22(21)28)24(36)33-8-6-15(7-9-33)11-20(35)38-3/h4-5,10,12,15H,6-9,11H2,1-3H3. The Hall–Kier alpha value is -3.11. The van der Waals surface area contributed by atoms with E-state index < -0.39 is 23.6 Å². The van der Waals surface area contributed by atoms with Gasteiger partial charge in [0, 0.05) is 24.9 Å². The van der Waals surface area contributed by atoms with Crippen LogP contribution in [0.3, 0.4) is 0 Å². The van der Waals surface area contributed by atoms with Gasteiger partial charge in [-0.25, -0.2) is 0 Å². The first-order valence-electron chi connectivity index (χ1n) is 11.8. The van der Waals surface area contributed by atoms with Crippen LogP contribution >= 0.6 is 23.2 Å². The molecule has 0 bridgehead atoms. The monoisotopic (exact) mass is 569 g/mol. The topological polar surface area (TPSA) is 81.5 Å². The van der Waals surface area contributed by atoms with Gasteiger partial charge in [-0.3, -0.25) is 14.4 Å². The molecule has 4 rings (SSSR count). The van der Waals surface area contributed by atoms with Gasteiger partial charge in [0.1, 0.15) is 0 Å². The lowest BCUT2D eigenvalue weighted by atomic mass is 9.93. The second-order valence-electron chi connectivity index (χ2n) is 9.29. The lowest BCUT2D eigenvalue weighted by Gasteiger charge is -2.32. The van der Waals surface area contributed by atoms with Crippen LogP contribution < -0.4 is 0 Å². The molecule has 38 heavy (non-hydrogen) atoms. The Kier molecular flexibility index (Phi) is 7.76. The molecule has 1 aliphatic rings. The minimum absolute atomic E-state index is 0.0285. The van der Waals surface area contributed by atoms with Gasteiger partial charge in [-0.15, -0.1) is 0 Å². The molecular weight excluding hydrogens is 546 g/mol. The first-order valence-corrected chi connectivity index (χ1v) is 12.5. The molecule has 0 radical (unpaired) electrons.